The first kappa shape index (κ1) is 26.5. The Morgan fingerprint density at radius 3 is 2.09 bits per heavy atom. The van der Waals surface area contributed by atoms with E-state index in [4.69, 9.17) is 9.97 Å². The van der Waals surface area contributed by atoms with Gasteiger partial charge in [-0.3, -0.25) is 4.98 Å². The number of rotatable bonds is 5. The van der Waals surface area contributed by atoms with Crippen molar-refractivity contribution in [1.82, 2.24) is 19.5 Å². The number of benzene rings is 5. The molecule has 0 unspecified atom stereocenters. The number of thiophene rings is 1. The van der Waals surface area contributed by atoms with E-state index in [0.717, 1.165) is 49.7 Å². The van der Waals surface area contributed by atoms with Crippen LogP contribution in [0.5, 0.6) is 0 Å². The second kappa shape index (κ2) is 10.9. The first-order valence-corrected chi connectivity index (χ1v) is 16.1. The van der Waals surface area contributed by atoms with Crippen LogP contribution in [0.15, 0.2) is 158 Å². The number of hydrogen-bond donors (Lipinski definition) is 0. The molecule has 0 saturated carbocycles. The highest BCUT2D eigenvalue weighted by Gasteiger charge is 2.16. The molecule has 5 heteroatoms. The molecule has 0 radical (unpaired) electrons. The van der Waals surface area contributed by atoms with Gasteiger partial charge in [0.25, 0.3) is 0 Å². The fourth-order valence-corrected chi connectivity index (χ4v) is 7.32. The average Bonchev–Trinajstić information content (AvgIpc) is 3.72. The number of aromatic nitrogens is 4. The van der Waals surface area contributed by atoms with Gasteiger partial charge in [-0.05, 0) is 77.2 Å². The SMILES string of the molecule is c1ccc(-n2c3ccccc3c3cc(-c4nc(-c5ccc(-c6cccnc6)cc5)cc(-c5cc6ccccc6s5)n4)ccc32)cc1. The van der Waals surface area contributed by atoms with Crippen LogP contribution >= 0.6 is 11.3 Å². The zero-order valence-electron chi connectivity index (χ0n) is 24.7. The van der Waals surface area contributed by atoms with E-state index in [9.17, 15) is 0 Å². The molecule has 0 amide bonds. The molecule has 4 nitrogen and oxygen atoms in total. The van der Waals surface area contributed by atoms with Crippen molar-refractivity contribution in [1.29, 1.82) is 0 Å². The highest BCUT2D eigenvalue weighted by molar-refractivity contribution is 7.22. The van der Waals surface area contributed by atoms with Crippen LogP contribution in [0.1, 0.15) is 0 Å². The van der Waals surface area contributed by atoms with Gasteiger partial charge in [0, 0.05) is 44.7 Å². The van der Waals surface area contributed by atoms with Crippen molar-refractivity contribution in [3.8, 4) is 50.0 Å². The van der Waals surface area contributed by atoms with Gasteiger partial charge in [0.05, 0.1) is 27.3 Å². The molecule has 0 spiro atoms. The summed E-state index contributed by atoms with van der Waals surface area (Å²) in [4.78, 5) is 15.8. The van der Waals surface area contributed by atoms with Gasteiger partial charge in [0.15, 0.2) is 5.82 Å². The van der Waals surface area contributed by atoms with Crippen LogP contribution in [0.4, 0.5) is 0 Å². The van der Waals surface area contributed by atoms with E-state index in [2.05, 4.69) is 149 Å². The first-order chi connectivity index (χ1) is 22.8. The zero-order chi connectivity index (χ0) is 30.5. The fourth-order valence-electron chi connectivity index (χ4n) is 6.29. The van der Waals surface area contributed by atoms with Crippen LogP contribution in [-0.2, 0) is 0 Å². The predicted molar refractivity (Wildman–Crippen MR) is 191 cm³/mol. The summed E-state index contributed by atoms with van der Waals surface area (Å²) in [5, 5.41) is 3.60. The molecule has 0 aliphatic carbocycles. The zero-order valence-corrected chi connectivity index (χ0v) is 25.5. The lowest BCUT2D eigenvalue weighted by Crippen LogP contribution is -1.96. The lowest BCUT2D eigenvalue weighted by molar-refractivity contribution is 1.17. The lowest BCUT2D eigenvalue weighted by atomic mass is 10.0. The van der Waals surface area contributed by atoms with Gasteiger partial charge in [0.1, 0.15) is 0 Å². The normalized spacial score (nSPS) is 11.5. The summed E-state index contributed by atoms with van der Waals surface area (Å²) in [6, 6.07) is 51.2. The molecule has 0 saturated heterocycles. The third kappa shape index (κ3) is 4.57. The maximum atomic E-state index is 5.20. The van der Waals surface area contributed by atoms with Crippen LogP contribution in [-0.4, -0.2) is 19.5 Å². The van der Waals surface area contributed by atoms with Gasteiger partial charge in [-0.2, -0.15) is 0 Å². The summed E-state index contributed by atoms with van der Waals surface area (Å²) in [5.41, 5.74) is 9.52. The van der Waals surface area contributed by atoms with E-state index in [1.54, 1.807) is 17.5 Å². The van der Waals surface area contributed by atoms with E-state index in [0.29, 0.717) is 5.82 Å². The summed E-state index contributed by atoms with van der Waals surface area (Å²) in [6.45, 7) is 0. The molecule has 5 aromatic carbocycles. The third-order valence-corrected chi connectivity index (χ3v) is 9.66. The molecule has 0 atom stereocenters. The Labute approximate surface area is 269 Å². The minimum absolute atomic E-state index is 0.708. The Kier molecular flexibility index (Phi) is 6.28. The molecule has 4 heterocycles. The number of para-hydroxylation sites is 2. The molecular formula is C41H26N4S. The smallest absolute Gasteiger partial charge is 0.160 e. The molecule has 0 aliphatic heterocycles. The monoisotopic (exact) mass is 606 g/mol. The van der Waals surface area contributed by atoms with Gasteiger partial charge in [0.2, 0.25) is 0 Å². The van der Waals surface area contributed by atoms with Gasteiger partial charge >= 0.3 is 0 Å². The summed E-state index contributed by atoms with van der Waals surface area (Å²) in [6.07, 6.45) is 3.69. The lowest BCUT2D eigenvalue weighted by Gasteiger charge is -2.10. The molecule has 4 aromatic heterocycles. The highest BCUT2D eigenvalue weighted by Crippen LogP contribution is 2.38. The van der Waals surface area contributed by atoms with Gasteiger partial charge < -0.3 is 4.57 Å². The van der Waals surface area contributed by atoms with E-state index in [1.165, 1.54) is 26.4 Å². The Hall–Kier alpha value is -5.91. The number of fused-ring (bicyclic) bond motifs is 4. The molecule has 0 fully saturated rings. The second-order valence-corrected chi connectivity index (χ2v) is 12.4. The molecule has 9 rings (SSSR count). The third-order valence-electron chi connectivity index (χ3n) is 8.52. The molecule has 0 N–H and O–H groups in total. The minimum Gasteiger partial charge on any atom is -0.309 e. The summed E-state index contributed by atoms with van der Waals surface area (Å²) in [7, 11) is 0. The molecule has 216 valence electrons. The maximum Gasteiger partial charge on any atom is 0.160 e. The first-order valence-electron chi connectivity index (χ1n) is 15.3. The summed E-state index contributed by atoms with van der Waals surface area (Å²) >= 11 is 1.76. The summed E-state index contributed by atoms with van der Waals surface area (Å²) < 4.78 is 3.58. The molecule has 9 aromatic rings. The molecule has 0 bridgehead atoms. The average molecular weight is 607 g/mol. The van der Waals surface area contributed by atoms with E-state index >= 15 is 0 Å². The van der Waals surface area contributed by atoms with Crippen LogP contribution in [0, 0.1) is 0 Å². The largest absolute Gasteiger partial charge is 0.309 e. The quantitative estimate of drug-likeness (QED) is 0.196. The number of pyridine rings is 1. The van der Waals surface area contributed by atoms with Gasteiger partial charge in [-0.25, -0.2) is 9.97 Å². The molecule has 0 aliphatic rings. The Morgan fingerprint density at radius 1 is 0.500 bits per heavy atom. The Balaban J connectivity index is 1.22. The van der Waals surface area contributed by atoms with E-state index in [1.807, 2.05) is 12.3 Å². The van der Waals surface area contributed by atoms with Crippen LogP contribution in [0.25, 0.3) is 81.9 Å². The maximum absolute atomic E-state index is 5.20. The standard InChI is InChI=1S/C41H26N4S/c1-2-11-32(12-3-1)45-37-14-6-5-13-33(37)34-23-30(20-21-38(34)45)41-43-35(28-18-16-27(17-19-28)31-10-8-22-42-26-31)25-36(44-41)40-24-29-9-4-7-15-39(29)46-40/h1-26H. The van der Waals surface area contributed by atoms with Crippen molar-refractivity contribution < 1.29 is 0 Å². The number of hydrogen-bond acceptors (Lipinski definition) is 4. The number of nitrogens with zero attached hydrogens (tertiary/aromatic N) is 4. The second-order valence-electron chi connectivity index (χ2n) is 11.3. The van der Waals surface area contributed by atoms with Crippen molar-refractivity contribution in [2.24, 2.45) is 0 Å². The molecular weight excluding hydrogens is 581 g/mol. The Morgan fingerprint density at radius 2 is 1.24 bits per heavy atom. The minimum atomic E-state index is 0.708. The predicted octanol–water partition coefficient (Wildman–Crippen LogP) is 10.9. The Bertz CT molecular complexity index is 2480. The molecule has 46 heavy (non-hydrogen) atoms. The highest BCUT2D eigenvalue weighted by atomic mass is 32.1. The van der Waals surface area contributed by atoms with Crippen molar-refractivity contribution in [2.75, 3.05) is 0 Å². The van der Waals surface area contributed by atoms with Crippen LogP contribution in [0.3, 0.4) is 0 Å². The van der Waals surface area contributed by atoms with Crippen molar-refractivity contribution in [2.45, 2.75) is 0 Å². The fraction of sp³-hybridized carbons (Fsp3) is 0. The van der Waals surface area contributed by atoms with Crippen molar-refractivity contribution in [3.05, 3.63) is 158 Å². The van der Waals surface area contributed by atoms with Gasteiger partial charge in [-0.1, -0.05) is 84.9 Å². The van der Waals surface area contributed by atoms with Crippen molar-refractivity contribution >= 4 is 43.2 Å². The van der Waals surface area contributed by atoms with Gasteiger partial charge in [-0.15, -0.1) is 11.3 Å². The van der Waals surface area contributed by atoms with Crippen molar-refractivity contribution in [3.63, 3.8) is 0 Å². The topological polar surface area (TPSA) is 43.6 Å². The van der Waals surface area contributed by atoms with Crippen LogP contribution in [0.2, 0.25) is 0 Å². The van der Waals surface area contributed by atoms with E-state index < -0.39 is 0 Å². The summed E-state index contributed by atoms with van der Waals surface area (Å²) in [5.74, 6) is 0.708. The van der Waals surface area contributed by atoms with Crippen LogP contribution < -0.4 is 0 Å². The van der Waals surface area contributed by atoms with E-state index in [-0.39, 0.29) is 0 Å².